The predicted molar refractivity (Wildman–Crippen MR) is 66.0 cm³/mol. The number of nitrogens with one attached hydrogen (secondary N) is 1. The summed E-state index contributed by atoms with van der Waals surface area (Å²) in [6.45, 7) is 8.22. The molecule has 0 aliphatic carbocycles. The van der Waals surface area contributed by atoms with Gasteiger partial charge in [0.2, 0.25) is 5.91 Å². The van der Waals surface area contributed by atoms with Crippen LogP contribution in [0.4, 0.5) is 0 Å². The number of rotatable bonds is 6. The lowest BCUT2D eigenvalue weighted by Crippen LogP contribution is -2.40. The molecule has 2 atom stereocenters. The zero-order chi connectivity index (χ0) is 12.8. The first-order chi connectivity index (χ1) is 7.28. The van der Waals surface area contributed by atoms with Gasteiger partial charge < -0.3 is 16.2 Å². The van der Waals surface area contributed by atoms with Gasteiger partial charge in [-0.3, -0.25) is 4.79 Å². The van der Waals surface area contributed by atoms with Gasteiger partial charge in [-0.1, -0.05) is 27.7 Å². The summed E-state index contributed by atoms with van der Waals surface area (Å²) in [4.78, 5) is 11.6. The maximum Gasteiger partial charge on any atom is 0.221 e. The summed E-state index contributed by atoms with van der Waals surface area (Å²) in [5.41, 5.74) is 6.04. The Labute approximate surface area is 98.6 Å². The number of amides is 1. The molecule has 4 nitrogen and oxygen atoms in total. The Kier molecular flexibility index (Phi) is 6.60. The molecular formula is C12H26N2O2. The highest BCUT2D eigenvalue weighted by Crippen LogP contribution is 2.20. The highest BCUT2D eigenvalue weighted by atomic mass is 16.3. The number of carbonyl (C=O) groups is 1. The van der Waals surface area contributed by atoms with Gasteiger partial charge in [0.05, 0.1) is 12.6 Å². The van der Waals surface area contributed by atoms with Crippen LogP contribution in [-0.4, -0.2) is 29.7 Å². The van der Waals surface area contributed by atoms with Gasteiger partial charge in [0.25, 0.3) is 0 Å². The first kappa shape index (κ1) is 15.4. The van der Waals surface area contributed by atoms with Crippen molar-refractivity contribution in [3.8, 4) is 0 Å². The zero-order valence-corrected chi connectivity index (χ0v) is 10.9. The lowest BCUT2D eigenvalue weighted by atomic mass is 9.87. The minimum atomic E-state index is -0.144. The lowest BCUT2D eigenvalue weighted by Gasteiger charge is -2.23. The number of hydrogen-bond acceptors (Lipinski definition) is 3. The van der Waals surface area contributed by atoms with Gasteiger partial charge in [-0.25, -0.2) is 0 Å². The van der Waals surface area contributed by atoms with Crippen LogP contribution in [0.15, 0.2) is 0 Å². The molecule has 0 bridgehead atoms. The van der Waals surface area contributed by atoms with Crippen LogP contribution < -0.4 is 11.1 Å². The van der Waals surface area contributed by atoms with Crippen molar-refractivity contribution in [2.24, 2.45) is 11.1 Å². The molecule has 16 heavy (non-hydrogen) atoms. The maximum atomic E-state index is 11.6. The molecule has 0 fully saturated rings. The largest absolute Gasteiger partial charge is 0.394 e. The summed E-state index contributed by atoms with van der Waals surface area (Å²) < 4.78 is 0. The molecule has 0 saturated heterocycles. The normalized spacial score (nSPS) is 15.6. The summed E-state index contributed by atoms with van der Waals surface area (Å²) in [6, 6.07) is -0.259. The van der Waals surface area contributed by atoms with Crippen LogP contribution >= 0.6 is 0 Å². The molecule has 1 unspecified atom stereocenters. The van der Waals surface area contributed by atoms with Crippen molar-refractivity contribution < 1.29 is 9.90 Å². The van der Waals surface area contributed by atoms with Gasteiger partial charge in [0, 0.05) is 12.5 Å². The third-order valence-corrected chi connectivity index (χ3v) is 2.40. The van der Waals surface area contributed by atoms with Crippen LogP contribution in [-0.2, 0) is 4.79 Å². The molecule has 96 valence electrons. The van der Waals surface area contributed by atoms with Gasteiger partial charge in [0.1, 0.15) is 0 Å². The van der Waals surface area contributed by atoms with Crippen molar-refractivity contribution >= 4 is 5.91 Å². The predicted octanol–water partition coefficient (Wildman–Crippen LogP) is 1.03. The van der Waals surface area contributed by atoms with Gasteiger partial charge in [-0.15, -0.1) is 0 Å². The van der Waals surface area contributed by atoms with E-state index >= 15 is 0 Å². The second-order valence-corrected chi connectivity index (χ2v) is 5.58. The van der Waals surface area contributed by atoms with Crippen LogP contribution in [0.3, 0.4) is 0 Å². The molecule has 0 saturated carbocycles. The monoisotopic (exact) mass is 230 g/mol. The van der Waals surface area contributed by atoms with E-state index < -0.39 is 0 Å². The van der Waals surface area contributed by atoms with Crippen molar-refractivity contribution in [3.05, 3.63) is 0 Å². The van der Waals surface area contributed by atoms with Crippen molar-refractivity contribution in [1.82, 2.24) is 5.32 Å². The number of aliphatic hydroxyl groups excluding tert-OH is 1. The fourth-order valence-electron chi connectivity index (χ4n) is 1.66. The third-order valence-electron chi connectivity index (χ3n) is 2.40. The first-order valence-electron chi connectivity index (χ1n) is 5.94. The number of carbonyl (C=O) groups excluding carboxylic acids is 1. The minimum absolute atomic E-state index is 0.0171. The second kappa shape index (κ2) is 6.86. The highest BCUT2D eigenvalue weighted by Gasteiger charge is 2.19. The van der Waals surface area contributed by atoms with Crippen LogP contribution in [0.2, 0.25) is 0 Å². The smallest absolute Gasteiger partial charge is 0.221 e. The third kappa shape index (κ3) is 7.65. The standard InChI is InChI=1S/C12H26N2O2/c1-5-10(8-15)14-11(16)6-9(13)7-12(2,3)4/h9-10,15H,5-8,13H2,1-4H3,(H,14,16)/t9?,10-/m0/s1. The molecule has 0 aromatic rings. The molecule has 0 spiro atoms. The average molecular weight is 230 g/mol. The summed E-state index contributed by atoms with van der Waals surface area (Å²) in [5.74, 6) is -0.0716. The van der Waals surface area contributed by atoms with Crippen LogP contribution in [0, 0.1) is 5.41 Å². The fourth-order valence-corrected chi connectivity index (χ4v) is 1.66. The molecule has 4 heteroatoms. The van der Waals surface area contributed by atoms with Crippen molar-refractivity contribution in [1.29, 1.82) is 0 Å². The van der Waals surface area contributed by atoms with E-state index in [1.807, 2.05) is 6.92 Å². The van der Waals surface area contributed by atoms with E-state index in [1.165, 1.54) is 0 Å². The SMILES string of the molecule is CC[C@@H](CO)NC(=O)CC(N)CC(C)(C)C. The van der Waals surface area contributed by atoms with Gasteiger partial charge >= 0.3 is 0 Å². The maximum absolute atomic E-state index is 11.6. The molecule has 0 rings (SSSR count). The topological polar surface area (TPSA) is 75.3 Å². The summed E-state index contributed by atoms with van der Waals surface area (Å²) >= 11 is 0. The molecule has 0 radical (unpaired) electrons. The Bertz CT molecular complexity index is 208. The molecule has 0 aromatic carbocycles. The Morgan fingerprint density at radius 2 is 2.00 bits per heavy atom. The van der Waals surface area contributed by atoms with E-state index in [2.05, 4.69) is 26.1 Å². The quantitative estimate of drug-likeness (QED) is 0.638. The summed E-state index contributed by atoms with van der Waals surface area (Å²) in [7, 11) is 0. The van der Waals surface area contributed by atoms with Crippen molar-refractivity contribution in [3.63, 3.8) is 0 Å². The number of nitrogens with two attached hydrogens (primary N) is 1. The van der Waals surface area contributed by atoms with Crippen LogP contribution in [0.1, 0.15) is 47.0 Å². The summed E-state index contributed by atoms with van der Waals surface area (Å²) in [6.07, 6.45) is 1.88. The van der Waals surface area contributed by atoms with Crippen LogP contribution in [0.5, 0.6) is 0 Å². The molecule has 0 aromatic heterocycles. The van der Waals surface area contributed by atoms with Gasteiger partial charge in [0.15, 0.2) is 0 Å². The second-order valence-electron chi connectivity index (χ2n) is 5.58. The zero-order valence-electron chi connectivity index (χ0n) is 10.9. The van der Waals surface area contributed by atoms with E-state index in [4.69, 9.17) is 10.8 Å². The fraction of sp³-hybridized carbons (Fsp3) is 0.917. The average Bonchev–Trinajstić information content (AvgIpc) is 2.10. The lowest BCUT2D eigenvalue weighted by molar-refractivity contribution is -0.122. The van der Waals surface area contributed by atoms with Crippen molar-refractivity contribution in [2.75, 3.05) is 6.61 Å². The molecule has 0 aliphatic heterocycles. The first-order valence-corrected chi connectivity index (χ1v) is 5.94. The molecule has 1 amide bonds. The van der Waals surface area contributed by atoms with E-state index in [1.54, 1.807) is 0 Å². The summed E-state index contributed by atoms with van der Waals surface area (Å²) in [5, 5.41) is 11.7. The van der Waals surface area contributed by atoms with E-state index in [-0.39, 0.29) is 30.0 Å². The van der Waals surface area contributed by atoms with Gasteiger partial charge in [-0.05, 0) is 18.3 Å². The molecule has 4 N–H and O–H groups in total. The van der Waals surface area contributed by atoms with E-state index in [9.17, 15) is 4.79 Å². The molecule has 0 aliphatic rings. The van der Waals surface area contributed by atoms with E-state index in [0.717, 1.165) is 12.8 Å². The Hall–Kier alpha value is -0.610. The Morgan fingerprint density at radius 1 is 1.44 bits per heavy atom. The van der Waals surface area contributed by atoms with E-state index in [0.29, 0.717) is 6.42 Å². The molecule has 0 heterocycles. The molecular weight excluding hydrogens is 204 g/mol. The number of hydrogen-bond donors (Lipinski definition) is 3. The Balaban J connectivity index is 3.95. The Morgan fingerprint density at radius 3 is 2.38 bits per heavy atom. The minimum Gasteiger partial charge on any atom is -0.394 e. The van der Waals surface area contributed by atoms with Crippen LogP contribution in [0.25, 0.3) is 0 Å². The highest BCUT2D eigenvalue weighted by molar-refractivity contribution is 5.76. The number of aliphatic hydroxyl groups is 1. The van der Waals surface area contributed by atoms with Gasteiger partial charge in [-0.2, -0.15) is 0 Å². The van der Waals surface area contributed by atoms with Crippen molar-refractivity contribution in [2.45, 2.75) is 59.0 Å².